The average Bonchev–Trinajstić information content (AvgIpc) is 3.18. The van der Waals surface area contributed by atoms with Crippen LogP contribution in [0.2, 0.25) is 0 Å². The van der Waals surface area contributed by atoms with Gasteiger partial charge in [0.25, 0.3) is 0 Å². The van der Waals surface area contributed by atoms with Gasteiger partial charge in [-0.1, -0.05) is 24.3 Å². The molecular formula is C26H27F3O4S. The van der Waals surface area contributed by atoms with Gasteiger partial charge in [-0.3, -0.25) is 0 Å². The molecule has 0 aliphatic rings. The van der Waals surface area contributed by atoms with E-state index in [4.69, 9.17) is 14.2 Å². The number of aryl methyl sites for hydroxylation is 1. The van der Waals surface area contributed by atoms with Gasteiger partial charge in [-0.05, 0) is 67.8 Å². The lowest BCUT2D eigenvalue weighted by Gasteiger charge is -2.15. The summed E-state index contributed by atoms with van der Waals surface area (Å²) in [5.74, 6) is 0.304. The van der Waals surface area contributed by atoms with Crippen molar-refractivity contribution in [1.29, 1.82) is 0 Å². The number of hydrogen-bond acceptors (Lipinski definition) is 5. The lowest BCUT2D eigenvalue weighted by molar-refractivity contribution is -0.156. The molecule has 34 heavy (non-hydrogen) atoms. The third-order valence-corrected chi connectivity index (χ3v) is 6.41. The number of thiophene rings is 1. The van der Waals surface area contributed by atoms with Crippen LogP contribution < -0.4 is 4.74 Å². The zero-order valence-corrected chi connectivity index (χ0v) is 20.1. The molecule has 1 atom stereocenters. The molecular weight excluding hydrogens is 465 g/mol. The molecule has 0 amide bonds. The van der Waals surface area contributed by atoms with Crippen molar-refractivity contribution >= 4 is 17.3 Å². The van der Waals surface area contributed by atoms with Crippen molar-refractivity contribution in [2.45, 2.75) is 46.1 Å². The third kappa shape index (κ3) is 6.84. The zero-order chi connectivity index (χ0) is 24.7. The maximum atomic E-state index is 12.8. The number of carbonyl (C=O) groups excluding carboxylic acids is 1. The number of ether oxygens (including phenoxy) is 3. The summed E-state index contributed by atoms with van der Waals surface area (Å²) in [4.78, 5) is 13.9. The summed E-state index contributed by atoms with van der Waals surface area (Å²) in [5, 5.41) is 0. The summed E-state index contributed by atoms with van der Waals surface area (Å²) in [6.45, 7) is 6.61. The molecule has 0 bridgehead atoms. The van der Waals surface area contributed by atoms with Gasteiger partial charge in [-0.2, -0.15) is 13.2 Å². The molecule has 4 nitrogen and oxygen atoms in total. The highest BCUT2D eigenvalue weighted by Crippen LogP contribution is 2.35. The van der Waals surface area contributed by atoms with Crippen molar-refractivity contribution in [3.8, 4) is 16.2 Å². The predicted molar refractivity (Wildman–Crippen MR) is 126 cm³/mol. The van der Waals surface area contributed by atoms with E-state index in [1.807, 2.05) is 44.2 Å². The smallest absolute Gasteiger partial charge is 0.416 e. The van der Waals surface area contributed by atoms with Crippen molar-refractivity contribution in [2.75, 3.05) is 13.2 Å². The summed E-state index contributed by atoms with van der Waals surface area (Å²) in [6, 6.07) is 14.6. The molecule has 0 spiro atoms. The molecule has 0 aliphatic heterocycles. The van der Waals surface area contributed by atoms with E-state index in [0.29, 0.717) is 32.0 Å². The van der Waals surface area contributed by atoms with Gasteiger partial charge in [0.05, 0.1) is 12.2 Å². The molecule has 0 radical (unpaired) electrons. The topological polar surface area (TPSA) is 44.8 Å². The van der Waals surface area contributed by atoms with Crippen LogP contribution in [0.1, 0.15) is 35.4 Å². The first-order valence-electron chi connectivity index (χ1n) is 11.0. The van der Waals surface area contributed by atoms with Gasteiger partial charge in [-0.25, -0.2) is 4.79 Å². The molecule has 3 rings (SSSR count). The van der Waals surface area contributed by atoms with E-state index in [1.54, 1.807) is 6.92 Å². The highest BCUT2D eigenvalue weighted by atomic mass is 32.1. The van der Waals surface area contributed by atoms with Crippen LogP contribution in [0.3, 0.4) is 0 Å². The number of hydrogen-bond donors (Lipinski definition) is 0. The summed E-state index contributed by atoms with van der Waals surface area (Å²) in [6.07, 6.45) is -4.58. The summed E-state index contributed by atoms with van der Waals surface area (Å²) < 4.78 is 54.9. The normalized spacial score (nSPS) is 12.4. The molecule has 8 heteroatoms. The van der Waals surface area contributed by atoms with Crippen molar-refractivity contribution in [3.63, 3.8) is 0 Å². The molecule has 1 aromatic heterocycles. The third-order valence-electron chi connectivity index (χ3n) is 5.15. The summed E-state index contributed by atoms with van der Waals surface area (Å²) in [7, 11) is 0. The van der Waals surface area contributed by atoms with Crippen LogP contribution >= 0.6 is 11.3 Å². The van der Waals surface area contributed by atoms with Gasteiger partial charge >= 0.3 is 12.1 Å². The molecule has 0 fully saturated rings. The fraction of sp³-hybridized carbons (Fsp3) is 0.346. The molecule has 0 saturated heterocycles. The first-order valence-corrected chi connectivity index (χ1v) is 11.8. The van der Waals surface area contributed by atoms with Gasteiger partial charge < -0.3 is 14.2 Å². The molecule has 2 aromatic carbocycles. The Bertz CT molecular complexity index is 1070. The van der Waals surface area contributed by atoms with Gasteiger partial charge in [0.15, 0.2) is 6.10 Å². The predicted octanol–water partition coefficient (Wildman–Crippen LogP) is 6.83. The van der Waals surface area contributed by atoms with E-state index in [2.05, 4.69) is 0 Å². The largest absolute Gasteiger partial charge is 0.488 e. The van der Waals surface area contributed by atoms with E-state index >= 15 is 0 Å². The monoisotopic (exact) mass is 492 g/mol. The quantitative estimate of drug-likeness (QED) is 0.291. The van der Waals surface area contributed by atoms with Gasteiger partial charge in [0.1, 0.15) is 12.4 Å². The SMILES string of the molecule is CCOC(=O)[C@H](Cc1ccc(OCc2sc(-c3ccc(C(F)(F)F)cc3)cc2C)cc1)OCC. The second-order valence-corrected chi connectivity index (χ2v) is 8.76. The molecule has 0 N–H and O–H groups in total. The van der Waals surface area contributed by atoms with E-state index in [9.17, 15) is 18.0 Å². The Morgan fingerprint density at radius 2 is 1.68 bits per heavy atom. The Morgan fingerprint density at radius 1 is 1.00 bits per heavy atom. The first kappa shape index (κ1) is 25.8. The minimum absolute atomic E-state index is 0.303. The number of rotatable bonds is 10. The molecule has 0 aliphatic carbocycles. The second kappa shape index (κ2) is 11.5. The highest BCUT2D eigenvalue weighted by molar-refractivity contribution is 7.15. The van der Waals surface area contributed by atoms with Crippen molar-refractivity contribution in [1.82, 2.24) is 0 Å². The van der Waals surface area contributed by atoms with Crippen LogP contribution in [0.25, 0.3) is 10.4 Å². The van der Waals surface area contributed by atoms with E-state index < -0.39 is 17.8 Å². The standard InChI is InChI=1S/C26H27F3O4S/c1-4-31-22(25(30)32-5-2)15-18-6-12-21(13-7-18)33-16-24-17(3)14-23(34-24)19-8-10-20(11-9-19)26(27,28)29/h6-14,22H,4-5,15-16H2,1-3H3/t22-/m0/s1. The van der Waals surface area contributed by atoms with Crippen LogP contribution in [-0.4, -0.2) is 25.3 Å². The number of halogens is 3. The summed E-state index contributed by atoms with van der Waals surface area (Å²) >= 11 is 1.50. The molecule has 0 unspecified atom stereocenters. The minimum atomic E-state index is -4.35. The Kier molecular flexibility index (Phi) is 8.74. The maximum Gasteiger partial charge on any atom is 0.416 e. The summed E-state index contributed by atoms with van der Waals surface area (Å²) in [5.41, 5.74) is 2.02. The van der Waals surface area contributed by atoms with Crippen LogP contribution in [0.4, 0.5) is 13.2 Å². The van der Waals surface area contributed by atoms with Crippen LogP contribution in [-0.2, 0) is 33.5 Å². The van der Waals surface area contributed by atoms with Gasteiger partial charge in [0.2, 0.25) is 0 Å². The number of esters is 1. The Labute approximate surface area is 201 Å². The Balaban J connectivity index is 1.61. The van der Waals surface area contributed by atoms with Gasteiger partial charge in [-0.15, -0.1) is 11.3 Å². The second-order valence-electron chi connectivity index (χ2n) is 7.62. The minimum Gasteiger partial charge on any atom is -0.488 e. The van der Waals surface area contributed by atoms with E-state index in [-0.39, 0.29) is 5.97 Å². The highest BCUT2D eigenvalue weighted by Gasteiger charge is 2.30. The van der Waals surface area contributed by atoms with E-state index in [0.717, 1.165) is 38.6 Å². The Morgan fingerprint density at radius 3 is 2.26 bits per heavy atom. The van der Waals surface area contributed by atoms with Crippen molar-refractivity contribution < 1.29 is 32.2 Å². The molecule has 182 valence electrons. The van der Waals surface area contributed by atoms with Crippen LogP contribution in [0, 0.1) is 6.92 Å². The number of carbonyl (C=O) groups is 1. The van der Waals surface area contributed by atoms with Gasteiger partial charge in [0, 0.05) is 22.8 Å². The number of alkyl halides is 3. The average molecular weight is 493 g/mol. The Hall–Kier alpha value is -2.84. The maximum absolute atomic E-state index is 12.8. The van der Waals surface area contributed by atoms with E-state index in [1.165, 1.54) is 23.5 Å². The van der Waals surface area contributed by atoms with Crippen LogP contribution in [0.15, 0.2) is 54.6 Å². The fourth-order valence-electron chi connectivity index (χ4n) is 3.36. The molecule has 0 saturated carbocycles. The van der Waals surface area contributed by atoms with Crippen LogP contribution in [0.5, 0.6) is 5.75 Å². The molecule has 1 heterocycles. The molecule has 3 aromatic rings. The first-order chi connectivity index (χ1) is 16.2. The van der Waals surface area contributed by atoms with Crippen molar-refractivity contribution in [3.05, 3.63) is 76.2 Å². The number of benzene rings is 2. The lowest BCUT2D eigenvalue weighted by Crippen LogP contribution is -2.28. The lowest BCUT2D eigenvalue weighted by atomic mass is 10.1. The zero-order valence-electron chi connectivity index (χ0n) is 19.3. The fourth-order valence-corrected chi connectivity index (χ4v) is 4.45. The van der Waals surface area contributed by atoms with Crippen molar-refractivity contribution in [2.24, 2.45) is 0 Å².